The van der Waals surface area contributed by atoms with E-state index in [0.717, 1.165) is 67.8 Å². The lowest BCUT2D eigenvalue weighted by atomic mass is 9.92. The van der Waals surface area contributed by atoms with Crippen molar-refractivity contribution in [3.63, 3.8) is 0 Å². The normalized spacial score (nSPS) is 11.2. The van der Waals surface area contributed by atoms with Crippen molar-refractivity contribution in [3.8, 4) is 36.2 Å². The van der Waals surface area contributed by atoms with Gasteiger partial charge in [-0.3, -0.25) is 0 Å². The van der Waals surface area contributed by atoms with Crippen molar-refractivity contribution in [2.75, 3.05) is 13.2 Å². The van der Waals surface area contributed by atoms with Gasteiger partial charge in [-0.15, -0.1) is 12.8 Å². The minimum atomic E-state index is 0.703. The Kier molecular flexibility index (Phi) is 16.6. The zero-order valence-electron chi connectivity index (χ0n) is 30.1. The van der Waals surface area contributed by atoms with Crippen LogP contribution in [0.5, 0.6) is 11.5 Å². The summed E-state index contributed by atoms with van der Waals surface area (Å²) in [4.78, 5) is 0. The summed E-state index contributed by atoms with van der Waals surface area (Å²) >= 11 is 0. The highest BCUT2D eigenvalue weighted by molar-refractivity contribution is 6.26. The van der Waals surface area contributed by atoms with Crippen molar-refractivity contribution >= 4 is 32.3 Å². The Balaban J connectivity index is 1.47. The third-order valence-corrected chi connectivity index (χ3v) is 9.84. The maximum absolute atomic E-state index is 6.53. The molecule has 0 aliphatic heterocycles. The lowest BCUT2D eigenvalue weighted by Gasteiger charge is -2.17. The molecule has 48 heavy (non-hydrogen) atoms. The fraction of sp³-hybridized carbons (Fsp3) is 0.522. The third kappa shape index (κ3) is 11.2. The van der Waals surface area contributed by atoms with E-state index in [1.165, 1.54) is 116 Å². The maximum Gasteiger partial charge on any atom is 0.161 e. The number of hydrogen-bond acceptors (Lipinski definition) is 2. The maximum atomic E-state index is 6.53. The lowest BCUT2D eigenvalue weighted by Crippen LogP contribution is -2.03. The summed E-state index contributed by atoms with van der Waals surface area (Å²) in [6.45, 7) is 5.97. The number of rotatable bonds is 24. The van der Waals surface area contributed by atoms with E-state index in [9.17, 15) is 0 Å². The summed E-state index contributed by atoms with van der Waals surface area (Å²) in [5, 5.41) is 6.83. The van der Waals surface area contributed by atoms with Gasteiger partial charge in [-0.2, -0.15) is 0 Å². The van der Waals surface area contributed by atoms with Crippen molar-refractivity contribution in [1.29, 1.82) is 0 Å². The van der Waals surface area contributed by atoms with Gasteiger partial charge in [0.2, 0.25) is 0 Å². The first-order chi connectivity index (χ1) is 23.7. The molecule has 0 aliphatic carbocycles. The zero-order valence-corrected chi connectivity index (χ0v) is 30.1. The number of unbranched alkanes of at least 4 members (excludes halogenated alkanes) is 18. The molecule has 256 valence electrons. The molecule has 4 rings (SSSR count). The van der Waals surface area contributed by atoms with Crippen LogP contribution in [0.15, 0.2) is 48.5 Å². The summed E-state index contributed by atoms with van der Waals surface area (Å²) in [6, 6.07) is 17.0. The van der Waals surface area contributed by atoms with E-state index in [-0.39, 0.29) is 0 Å². The monoisotopic (exact) mass is 644 g/mol. The van der Waals surface area contributed by atoms with E-state index in [2.05, 4.69) is 62.1 Å². The fourth-order valence-electron chi connectivity index (χ4n) is 6.96. The first-order valence-corrected chi connectivity index (χ1v) is 19.4. The van der Waals surface area contributed by atoms with E-state index >= 15 is 0 Å². The Morgan fingerprint density at radius 3 is 1.04 bits per heavy atom. The van der Waals surface area contributed by atoms with Crippen LogP contribution in [-0.2, 0) is 0 Å². The third-order valence-electron chi connectivity index (χ3n) is 9.84. The first kappa shape index (κ1) is 37.2. The van der Waals surface area contributed by atoms with Crippen molar-refractivity contribution < 1.29 is 9.47 Å². The van der Waals surface area contributed by atoms with Crippen molar-refractivity contribution in [3.05, 3.63) is 59.7 Å². The number of hydrogen-bond donors (Lipinski definition) is 0. The Labute approximate surface area is 292 Å². The van der Waals surface area contributed by atoms with E-state index in [1.54, 1.807) is 0 Å². The molecule has 0 fully saturated rings. The average Bonchev–Trinajstić information content (AvgIpc) is 3.12. The summed E-state index contributed by atoms with van der Waals surface area (Å²) in [7, 11) is 0. The minimum Gasteiger partial charge on any atom is -0.490 e. The molecule has 4 aromatic rings. The van der Waals surface area contributed by atoms with Gasteiger partial charge in [-0.1, -0.05) is 153 Å². The Hall–Kier alpha value is -3.62. The molecule has 0 bridgehead atoms. The molecule has 0 aromatic heterocycles. The van der Waals surface area contributed by atoms with Crippen LogP contribution in [0.1, 0.15) is 153 Å². The largest absolute Gasteiger partial charge is 0.490 e. The van der Waals surface area contributed by atoms with Crippen LogP contribution >= 0.6 is 0 Å². The van der Waals surface area contributed by atoms with Gasteiger partial charge < -0.3 is 9.47 Å². The molecular weight excluding hydrogens is 585 g/mol. The molecule has 0 N–H and O–H groups in total. The number of benzene rings is 4. The summed E-state index contributed by atoms with van der Waals surface area (Å²) < 4.78 is 13.1. The van der Waals surface area contributed by atoms with E-state index in [4.69, 9.17) is 22.3 Å². The van der Waals surface area contributed by atoms with Crippen LogP contribution in [0.2, 0.25) is 0 Å². The molecule has 0 saturated heterocycles. The highest BCUT2D eigenvalue weighted by Crippen LogP contribution is 2.42. The molecule has 0 amide bonds. The lowest BCUT2D eigenvalue weighted by molar-refractivity contribution is 0.259. The molecule has 2 nitrogen and oxygen atoms in total. The van der Waals surface area contributed by atoms with Gasteiger partial charge >= 0.3 is 0 Å². The van der Waals surface area contributed by atoms with E-state index < -0.39 is 0 Å². The fourth-order valence-corrected chi connectivity index (χ4v) is 6.96. The summed E-state index contributed by atoms with van der Waals surface area (Å²) in [6.07, 6.45) is 37.8. The minimum absolute atomic E-state index is 0.703. The van der Waals surface area contributed by atoms with Crippen molar-refractivity contribution in [2.45, 2.75) is 142 Å². The van der Waals surface area contributed by atoms with Gasteiger partial charge in [0.1, 0.15) is 0 Å². The topological polar surface area (TPSA) is 18.5 Å². The SMILES string of the molecule is C#Cc1ccc2c(c1)c1cc(C#C)ccc1c1cc(OCCCCCCCCCCCC)c(OCCCCCCCCCCCC)cc21. The predicted octanol–water partition coefficient (Wildman–Crippen LogP) is 13.7. The van der Waals surface area contributed by atoms with Crippen LogP contribution in [0.3, 0.4) is 0 Å². The molecule has 0 unspecified atom stereocenters. The number of ether oxygens (including phenoxy) is 2. The molecule has 4 aromatic carbocycles. The molecular formula is C46H60O2. The highest BCUT2D eigenvalue weighted by atomic mass is 16.5. The van der Waals surface area contributed by atoms with Gasteiger partial charge in [0, 0.05) is 11.1 Å². The molecule has 0 aliphatic rings. The zero-order chi connectivity index (χ0) is 33.8. The predicted molar refractivity (Wildman–Crippen MR) is 210 cm³/mol. The summed E-state index contributed by atoms with van der Waals surface area (Å²) in [5.41, 5.74) is 1.73. The van der Waals surface area contributed by atoms with Crippen molar-refractivity contribution in [1.82, 2.24) is 0 Å². The molecule has 0 spiro atoms. The Bertz CT molecular complexity index is 1510. The average molecular weight is 645 g/mol. The van der Waals surface area contributed by atoms with Gasteiger partial charge in [-0.25, -0.2) is 0 Å². The highest BCUT2D eigenvalue weighted by Gasteiger charge is 2.15. The van der Waals surface area contributed by atoms with Crippen LogP contribution in [0.4, 0.5) is 0 Å². The van der Waals surface area contributed by atoms with Crippen molar-refractivity contribution in [2.24, 2.45) is 0 Å². The standard InChI is InChI=1S/C46H60O2/c1-5-9-11-13-15-17-19-21-23-25-31-47-45-35-43-39-29-27-37(7-3)33-41(39)42-34-38(8-4)28-30-40(42)44(43)36-46(45)48-32-26-24-22-20-18-16-14-12-10-6-2/h3-4,27-30,33-36H,5-6,9-26,31-32H2,1-2H3. The molecule has 0 atom stereocenters. The van der Waals surface area contributed by atoms with Gasteiger partial charge in [-0.05, 0) is 81.6 Å². The quantitative estimate of drug-likeness (QED) is 0.0429. The Morgan fingerprint density at radius 2 is 0.708 bits per heavy atom. The molecule has 0 saturated carbocycles. The Morgan fingerprint density at radius 1 is 0.396 bits per heavy atom. The molecule has 0 radical (unpaired) electrons. The second-order valence-electron chi connectivity index (χ2n) is 13.7. The van der Waals surface area contributed by atoms with Gasteiger partial charge in [0.05, 0.1) is 13.2 Å². The molecule has 2 heteroatoms. The second-order valence-corrected chi connectivity index (χ2v) is 13.7. The van der Waals surface area contributed by atoms with Crippen LogP contribution in [-0.4, -0.2) is 13.2 Å². The van der Waals surface area contributed by atoms with Gasteiger partial charge in [0.15, 0.2) is 11.5 Å². The van der Waals surface area contributed by atoms with E-state index in [1.807, 2.05) is 12.1 Å². The van der Waals surface area contributed by atoms with Crippen LogP contribution in [0, 0.1) is 24.7 Å². The van der Waals surface area contributed by atoms with Crippen LogP contribution in [0.25, 0.3) is 32.3 Å². The smallest absolute Gasteiger partial charge is 0.161 e. The number of terminal acetylenes is 2. The first-order valence-electron chi connectivity index (χ1n) is 19.4. The second kappa shape index (κ2) is 21.4. The molecule has 0 heterocycles. The van der Waals surface area contributed by atoms with E-state index in [0.29, 0.717) is 13.2 Å². The number of fused-ring (bicyclic) bond motifs is 6. The van der Waals surface area contributed by atoms with Crippen LogP contribution < -0.4 is 9.47 Å². The van der Waals surface area contributed by atoms with Gasteiger partial charge in [0.25, 0.3) is 0 Å². The summed E-state index contributed by atoms with van der Waals surface area (Å²) in [5.74, 6) is 7.31.